The Morgan fingerprint density at radius 2 is 1.91 bits per heavy atom. The van der Waals surface area contributed by atoms with Gasteiger partial charge in [0.05, 0.1) is 0 Å². The Morgan fingerprint density at radius 1 is 1.22 bits per heavy atom. The van der Waals surface area contributed by atoms with Crippen molar-refractivity contribution in [3.8, 4) is 0 Å². The number of carbonyl (C=O) groups is 1. The summed E-state index contributed by atoms with van der Waals surface area (Å²) in [5, 5.41) is 2.99. The molecular weight excluding hydrogens is 291 g/mol. The highest BCUT2D eigenvalue weighted by Crippen LogP contribution is 2.27. The van der Waals surface area contributed by atoms with Crippen molar-refractivity contribution in [3.63, 3.8) is 0 Å². The van der Waals surface area contributed by atoms with Gasteiger partial charge in [-0.25, -0.2) is 9.18 Å². The second kappa shape index (κ2) is 7.27. The number of halogens is 1. The van der Waals surface area contributed by atoms with Crippen molar-refractivity contribution in [2.45, 2.75) is 33.2 Å². The van der Waals surface area contributed by atoms with Crippen molar-refractivity contribution in [1.29, 1.82) is 0 Å². The molecule has 0 atom stereocenters. The zero-order valence-electron chi connectivity index (χ0n) is 14.1. The van der Waals surface area contributed by atoms with Crippen LogP contribution in [0.3, 0.4) is 0 Å². The number of benzene rings is 2. The maximum absolute atomic E-state index is 13.2. The molecule has 0 aliphatic heterocycles. The topological polar surface area (TPSA) is 32.3 Å². The van der Waals surface area contributed by atoms with Crippen LogP contribution in [0.25, 0.3) is 0 Å². The van der Waals surface area contributed by atoms with E-state index in [4.69, 9.17) is 0 Å². The Balaban J connectivity index is 2.13. The van der Waals surface area contributed by atoms with Crippen molar-refractivity contribution in [1.82, 2.24) is 4.90 Å². The first-order valence-electron chi connectivity index (χ1n) is 7.74. The molecule has 2 rings (SSSR count). The second-order valence-electron chi connectivity index (χ2n) is 6.11. The van der Waals surface area contributed by atoms with E-state index in [0.29, 0.717) is 12.5 Å². The van der Waals surface area contributed by atoms with Gasteiger partial charge in [0.25, 0.3) is 0 Å². The van der Waals surface area contributed by atoms with E-state index in [0.717, 1.165) is 22.4 Å². The lowest BCUT2D eigenvalue weighted by atomic mass is 9.98. The van der Waals surface area contributed by atoms with Gasteiger partial charge in [-0.2, -0.15) is 0 Å². The highest BCUT2D eigenvalue weighted by Gasteiger charge is 2.15. The number of urea groups is 1. The first-order chi connectivity index (χ1) is 10.9. The summed E-state index contributed by atoms with van der Waals surface area (Å²) in [5.74, 6) is 0.0241. The van der Waals surface area contributed by atoms with E-state index in [1.54, 1.807) is 24.1 Å². The minimum absolute atomic E-state index is 0.203. The number of hydrogen-bond acceptors (Lipinski definition) is 1. The molecule has 0 saturated heterocycles. The smallest absolute Gasteiger partial charge is 0.321 e. The highest BCUT2D eigenvalue weighted by atomic mass is 19.1. The highest BCUT2D eigenvalue weighted by molar-refractivity contribution is 5.91. The van der Waals surface area contributed by atoms with Crippen molar-refractivity contribution in [2.24, 2.45) is 0 Å². The quantitative estimate of drug-likeness (QED) is 0.853. The molecule has 0 unspecified atom stereocenters. The van der Waals surface area contributed by atoms with Crippen molar-refractivity contribution < 1.29 is 9.18 Å². The summed E-state index contributed by atoms with van der Waals surface area (Å²) in [4.78, 5) is 14.0. The van der Waals surface area contributed by atoms with Gasteiger partial charge < -0.3 is 10.2 Å². The van der Waals surface area contributed by atoms with Crippen LogP contribution in [0.1, 0.15) is 36.5 Å². The van der Waals surface area contributed by atoms with E-state index >= 15 is 0 Å². The second-order valence-corrected chi connectivity index (χ2v) is 6.11. The fraction of sp³-hybridized carbons (Fsp3) is 0.316. The first-order valence-corrected chi connectivity index (χ1v) is 7.74. The molecule has 2 aromatic carbocycles. The van der Waals surface area contributed by atoms with Gasteiger partial charge in [0.2, 0.25) is 0 Å². The number of anilines is 1. The van der Waals surface area contributed by atoms with Crippen LogP contribution in [0, 0.1) is 12.7 Å². The van der Waals surface area contributed by atoms with E-state index < -0.39 is 0 Å². The van der Waals surface area contributed by atoms with Gasteiger partial charge in [-0.15, -0.1) is 0 Å². The number of carbonyl (C=O) groups excluding carboxylic acids is 1. The summed E-state index contributed by atoms with van der Waals surface area (Å²) in [5.41, 5.74) is 3.76. The Hall–Kier alpha value is -2.36. The molecule has 0 radical (unpaired) electrons. The third-order valence-corrected chi connectivity index (χ3v) is 3.81. The van der Waals surface area contributed by atoms with Crippen LogP contribution >= 0.6 is 0 Å². The Kier molecular flexibility index (Phi) is 5.37. The van der Waals surface area contributed by atoms with Gasteiger partial charge in [-0.05, 0) is 41.7 Å². The van der Waals surface area contributed by atoms with Gasteiger partial charge in [0, 0.05) is 19.3 Å². The lowest BCUT2D eigenvalue weighted by molar-refractivity contribution is 0.220. The molecule has 0 bridgehead atoms. The van der Waals surface area contributed by atoms with Gasteiger partial charge in [0.1, 0.15) is 5.82 Å². The molecule has 1 N–H and O–H groups in total. The maximum atomic E-state index is 13.2. The average molecular weight is 314 g/mol. The summed E-state index contributed by atoms with van der Waals surface area (Å²) < 4.78 is 13.2. The zero-order chi connectivity index (χ0) is 17.0. The molecule has 0 heterocycles. The Labute approximate surface area is 137 Å². The van der Waals surface area contributed by atoms with Crippen LogP contribution in [-0.2, 0) is 6.54 Å². The molecule has 3 nitrogen and oxygen atoms in total. The third-order valence-electron chi connectivity index (χ3n) is 3.81. The Morgan fingerprint density at radius 3 is 2.57 bits per heavy atom. The lowest BCUT2D eigenvalue weighted by Gasteiger charge is -2.21. The van der Waals surface area contributed by atoms with E-state index in [-0.39, 0.29) is 11.8 Å². The maximum Gasteiger partial charge on any atom is 0.321 e. The predicted molar refractivity (Wildman–Crippen MR) is 92.2 cm³/mol. The minimum Gasteiger partial charge on any atom is -0.323 e. The van der Waals surface area contributed by atoms with Crippen molar-refractivity contribution in [3.05, 3.63) is 65.0 Å². The molecular formula is C19H23FN2O. The van der Waals surface area contributed by atoms with Crippen molar-refractivity contribution in [2.75, 3.05) is 12.4 Å². The molecule has 2 amide bonds. The van der Waals surface area contributed by atoms with Crippen LogP contribution in [-0.4, -0.2) is 18.0 Å². The van der Waals surface area contributed by atoms with Gasteiger partial charge in [-0.3, -0.25) is 0 Å². The summed E-state index contributed by atoms with van der Waals surface area (Å²) in [6, 6.07) is 12.1. The van der Waals surface area contributed by atoms with Crippen LogP contribution < -0.4 is 5.32 Å². The number of nitrogens with one attached hydrogen (secondary N) is 1. The molecule has 0 aliphatic rings. The zero-order valence-corrected chi connectivity index (χ0v) is 14.1. The van der Waals surface area contributed by atoms with Crippen LogP contribution in [0.4, 0.5) is 14.9 Å². The molecule has 4 heteroatoms. The molecule has 0 saturated carbocycles. The summed E-state index contributed by atoms with van der Waals surface area (Å²) in [6.07, 6.45) is 0. The van der Waals surface area contributed by atoms with Crippen molar-refractivity contribution >= 4 is 11.7 Å². The van der Waals surface area contributed by atoms with E-state index in [9.17, 15) is 9.18 Å². The lowest BCUT2D eigenvalue weighted by Crippen LogP contribution is -2.31. The predicted octanol–water partition coefficient (Wildman–Crippen LogP) is 4.92. The fourth-order valence-corrected chi connectivity index (χ4v) is 2.53. The first kappa shape index (κ1) is 17.0. The molecule has 0 aromatic heterocycles. The van der Waals surface area contributed by atoms with Crippen LogP contribution in [0.15, 0.2) is 42.5 Å². The summed E-state index contributed by atoms with van der Waals surface area (Å²) in [7, 11) is 1.70. The van der Waals surface area contributed by atoms with Gasteiger partial charge in [0.15, 0.2) is 0 Å². The molecule has 122 valence electrons. The average Bonchev–Trinajstić information content (AvgIpc) is 2.48. The largest absolute Gasteiger partial charge is 0.323 e. The number of hydrogen-bond donors (Lipinski definition) is 1. The van der Waals surface area contributed by atoms with Gasteiger partial charge >= 0.3 is 6.03 Å². The third kappa shape index (κ3) is 4.31. The molecule has 2 aromatic rings. The minimum atomic E-state index is -0.294. The van der Waals surface area contributed by atoms with E-state index in [1.165, 1.54) is 12.1 Å². The normalized spacial score (nSPS) is 10.7. The Bertz CT molecular complexity index is 698. The standard InChI is InChI=1S/C19H23FN2O/c1-13(2)17-10-5-7-14(3)18(17)21-19(23)22(4)12-15-8-6-9-16(20)11-15/h5-11,13H,12H2,1-4H3,(H,21,23). The summed E-state index contributed by atoms with van der Waals surface area (Å²) in [6.45, 7) is 6.53. The summed E-state index contributed by atoms with van der Waals surface area (Å²) >= 11 is 0. The van der Waals surface area contributed by atoms with E-state index in [1.807, 2.05) is 25.1 Å². The molecule has 0 fully saturated rings. The van der Waals surface area contributed by atoms with Crippen LogP contribution in [0.5, 0.6) is 0 Å². The number of amides is 2. The number of rotatable bonds is 4. The fourth-order valence-electron chi connectivity index (χ4n) is 2.53. The SMILES string of the molecule is Cc1cccc(C(C)C)c1NC(=O)N(C)Cc1cccc(F)c1. The molecule has 0 spiro atoms. The number of aryl methyl sites for hydroxylation is 1. The van der Waals surface area contributed by atoms with Crippen LogP contribution in [0.2, 0.25) is 0 Å². The number of para-hydroxylation sites is 1. The number of nitrogens with zero attached hydrogens (tertiary/aromatic N) is 1. The molecule has 0 aliphatic carbocycles. The van der Waals surface area contributed by atoms with Gasteiger partial charge in [-0.1, -0.05) is 44.2 Å². The molecule has 23 heavy (non-hydrogen) atoms. The monoisotopic (exact) mass is 314 g/mol. The van der Waals surface area contributed by atoms with E-state index in [2.05, 4.69) is 19.2 Å².